The summed E-state index contributed by atoms with van der Waals surface area (Å²) in [6, 6.07) is 9.12. The van der Waals surface area contributed by atoms with Gasteiger partial charge in [-0.3, -0.25) is 9.36 Å². The predicted molar refractivity (Wildman–Crippen MR) is 74.6 cm³/mol. The number of carbonyl (C=O) groups is 1. The Kier molecular flexibility index (Phi) is 4.21. The minimum atomic E-state index is -0.289. The van der Waals surface area contributed by atoms with Crippen molar-refractivity contribution >= 4 is 17.5 Å². The van der Waals surface area contributed by atoms with E-state index in [0.717, 1.165) is 0 Å². The van der Waals surface area contributed by atoms with Crippen molar-refractivity contribution in [2.75, 3.05) is 0 Å². The Balaban J connectivity index is 2.15. The van der Waals surface area contributed by atoms with Gasteiger partial charge in [-0.15, -0.1) is 5.10 Å². The molecule has 1 unspecified atom stereocenters. The third-order valence-corrected chi connectivity index (χ3v) is 3.84. The second-order valence-electron chi connectivity index (χ2n) is 4.05. The fourth-order valence-corrected chi connectivity index (χ4v) is 2.72. The van der Waals surface area contributed by atoms with Crippen LogP contribution in [0.3, 0.4) is 0 Å². The lowest BCUT2D eigenvalue weighted by Crippen LogP contribution is -2.18. The molecule has 0 amide bonds. The number of hydrogen-bond donors (Lipinski definition) is 1. The first-order valence-electron chi connectivity index (χ1n) is 6.04. The number of rotatable bonds is 5. The Morgan fingerprint density at radius 2 is 2.11 bits per heavy atom. The molecule has 19 heavy (non-hydrogen) atoms. The third kappa shape index (κ3) is 2.96. The molecule has 1 aromatic carbocycles. The van der Waals surface area contributed by atoms with E-state index in [1.54, 1.807) is 12.1 Å². The summed E-state index contributed by atoms with van der Waals surface area (Å²) in [7, 11) is 0. The van der Waals surface area contributed by atoms with Gasteiger partial charge in [-0.25, -0.2) is 9.89 Å². The van der Waals surface area contributed by atoms with Crippen LogP contribution in [0, 0.1) is 0 Å². The van der Waals surface area contributed by atoms with Crippen molar-refractivity contribution in [3.05, 3.63) is 46.4 Å². The van der Waals surface area contributed by atoms with E-state index in [2.05, 4.69) is 10.2 Å². The Hall–Kier alpha value is -1.82. The zero-order valence-corrected chi connectivity index (χ0v) is 11.6. The van der Waals surface area contributed by atoms with Crippen LogP contribution in [0.15, 0.2) is 40.3 Å². The van der Waals surface area contributed by atoms with Crippen LogP contribution in [0.4, 0.5) is 0 Å². The number of Topliss-reactive ketones (excluding diaryl/α,β-unsaturated/α-hetero) is 1. The maximum absolute atomic E-state index is 12.2. The van der Waals surface area contributed by atoms with Gasteiger partial charge in [0, 0.05) is 12.1 Å². The van der Waals surface area contributed by atoms with Crippen LogP contribution in [0.2, 0.25) is 0 Å². The van der Waals surface area contributed by atoms with Gasteiger partial charge < -0.3 is 0 Å². The topological polar surface area (TPSA) is 67.8 Å². The van der Waals surface area contributed by atoms with Crippen LogP contribution in [0.25, 0.3) is 0 Å². The molecular weight excluding hydrogens is 262 g/mol. The van der Waals surface area contributed by atoms with Gasteiger partial charge in [0.1, 0.15) is 0 Å². The van der Waals surface area contributed by atoms with Gasteiger partial charge in [0.25, 0.3) is 0 Å². The quantitative estimate of drug-likeness (QED) is 0.670. The van der Waals surface area contributed by atoms with Crippen LogP contribution in [-0.4, -0.2) is 25.8 Å². The number of ketones is 1. The first-order valence-corrected chi connectivity index (χ1v) is 6.92. The Morgan fingerprint density at radius 3 is 2.74 bits per heavy atom. The third-order valence-electron chi connectivity index (χ3n) is 2.75. The van der Waals surface area contributed by atoms with Crippen LogP contribution < -0.4 is 5.69 Å². The number of nitrogens with zero attached hydrogens (tertiary/aromatic N) is 2. The average Bonchev–Trinajstić information content (AvgIpc) is 2.79. The SMILES string of the molecule is CCn1c(SC(C)C(=O)c2ccccc2)n[nH]c1=O. The van der Waals surface area contributed by atoms with Crippen LogP contribution >= 0.6 is 11.8 Å². The van der Waals surface area contributed by atoms with Crippen molar-refractivity contribution in [1.82, 2.24) is 14.8 Å². The molecule has 1 atom stereocenters. The number of thioether (sulfide) groups is 1. The number of aromatic nitrogens is 3. The number of benzene rings is 1. The minimum absolute atomic E-state index is 0.0312. The molecule has 100 valence electrons. The maximum atomic E-state index is 12.2. The summed E-state index contributed by atoms with van der Waals surface area (Å²) in [5.74, 6) is 0.0312. The molecule has 0 radical (unpaired) electrons. The van der Waals surface area contributed by atoms with Gasteiger partial charge >= 0.3 is 5.69 Å². The molecule has 1 aromatic heterocycles. The van der Waals surface area contributed by atoms with Crippen LogP contribution in [0.1, 0.15) is 24.2 Å². The van der Waals surface area contributed by atoms with Crippen molar-refractivity contribution in [2.24, 2.45) is 0 Å². The van der Waals surface area contributed by atoms with Gasteiger partial charge in [-0.1, -0.05) is 42.1 Å². The van der Waals surface area contributed by atoms with E-state index in [-0.39, 0.29) is 16.7 Å². The first kappa shape index (κ1) is 13.6. The summed E-state index contributed by atoms with van der Waals surface area (Å²) < 4.78 is 1.51. The van der Waals surface area contributed by atoms with E-state index >= 15 is 0 Å². The second kappa shape index (κ2) is 5.88. The smallest absolute Gasteiger partial charge is 0.293 e. The molecule has 2 aromatic rings. The highest BCUT2D eigenvalue weighted by molar-refractivity contribution is 8.00. The Morgan fingerprint density at radius 1 is 1.42 bits per heavy atom. The van der Waals surface area contributed by atoms with Gasteiger partial charge in [0.05, 0.1) is 5.25 Å². The molecule has 0 fully saturated rings. The molecule has 0 bridgehead atoms. The predicted octanol–water partition coefficient (Wildman–Crippen LogP) is 1.95. The van der Waals surface area contributed by atoms with Gasteiger partial charge in [0.2, 0.25) is 0 Å². The Labute approximate surface area is 115 Å². The summed E-state index contributed by atoms with van der Waals surface area (Å²) >= 11 is 1.29. The fourth-order valence-electron chi connectivity index (χ4n) is 1.72. The van der Waals surface area contributed by atoms with Crippen molar-refractivity contribution in [3.63, 3.8) is 0 Å². The molecule has 2 rings (SSSR count). The van der Waals surface area contributed by atoms with E-state index in [1.807, 2.05) is 32.0 Å². The highest BCUT2D eigenvalue weighted by Gasteiger charge is 2.19. The number of nitrogens with one attached hydrogen (secondary N) is 1. The van der Waals surface area contributed by atoms with Gasteiger partial charge in [-0.05, 0) is 13.8 Å². The zero-order chi connectivity index (χ0) is 13.8. The second-order valence-corrected chi connectivity index (χ2v) is 5.35. The number of aromatic amines is 1. The van der Waals surface area contributed by atoms with Crippen molar-refractivity contribution < 1.29 is 4.79 Å². The lowest BCUT2D eigenvalue weighted by Gasteiger charge is -2.09. The highest BCUT2D eigenvalue weighted by Crippen LogP contribution is 2.22. The summed E-state index contributed by atoms with van der Waals surface area (Å²) in [5, 5.41) is 6.59. The van der Waals surface area contributed by atoms with Crippen LogP contribution in [0.5, 0.6) is 0 Å². The maximum Gasteiger partial charge on any atom is 0.343 e. The molecule has 0 aliphatic heterocycles. The molecule has 0 saturated heterocycles. The molecule has 0 aliphatic carbocycles. The number of carbonyl (C=O) groups excluding carboxylic acids is 1. The number of hydrogen-bond acceptors (Lipinski definition) is 4. The lowest BCUT2D eigenvalue weighted by molar-refractivity contribution is 0.0994. The van der Waals surface area contributed by atoms with Gasteiger partial charge in [0.15, 0.2) is 10.9 Å². The lowest BCUT2D eigenvalue weighted by atomic mass is 10.1. The van der Waals surface area contributed by atoms with Crippen molar-refractivity contribution in [2.45, 2.75) is 30.8 Å². The first-order chi connectivity index (χ1) is 9.13. The summed E-state index contributed by atoms with van der Waals surface area (Å²) in [6.07, 6.45) is 0. The van der Waals surface area contributed by atoms with E-state index in [0.29, 0.717) is 17.3 Å². The minimum Gasteiger partial charge on any atom is -0.293 e. The van der Waals surface area contributed by atoms with E-state index in [9.17, 15) is 9.59 Å². The molecule has 0 saturated carbocycles. The monoisotopic (exact) mass is 277 g/mol. The molecule has 1 N–H and O–H groups in total. The zero-order valence-electron chi connectivity index (χ0n) is 10.8. The largest absolute Gasteiger partial charge is 0.343 e. The molecular formula is C13H15N3O2S. The van der Waals surface area contributed by atoms with Crippen LogP contribution in [-0.2, 0) is 6.54 Å². The Bertz CT molecular complexity index is 618. The summed E-state index contributed by atoms with van der Waals surface area (Å²) in [5.41, 5.74) is 0.424. The van der Waals surface area contributed by atoms with Crippen molar-refractivity contribution in [3.8, 4) is 0 Å². The van der Waals surface area contributed by atoms with E-state index in [1.165, 1.54) is 16.3 Å². The molecule has 0 aliphatic rings. The molecule has 6 heteroatoms. The fraction of sp³-hybridized carbons (Fsp3) is 0.308. The van der Waals surface area contributed by atoms with E-state index in [4.69, 9.17) is 0 Å². The van der Waals surface area contributed by atoms with E-state index < -0.39 is 0 Å². The standard InChI is InChI=1S/C13H15N3O2S/c1-3-16-12(18)14-15-13(16)19-9(2)11(17)10-7-5-4-6-8-10/h4-9H,3H2,1-2H3,(H,14,18). The molecule has 5 nitrogen and oxygen atoms in total. The molecule has 1 heterocycles. The average molecular weight is 277 g/mol. The van der Waals surface area contributed by atoms with Gasteiger partial charge in [-0.2, -0.15) is 0 Å². The summed E-state index contributed by atoms with van der Waals surface area (Å²) in [6.45, 7) is 4.22. The summed E-state index contributed by atoms with van der Waals surface area (Å²) in [4.78, 5) is 23.6. The van der Waals surface area contributed by atoms with Crippen molar-refractivity contribution in [1.29, 1.82) is 0 Å². The highest BCUT2D eigenvalue weighted by atomic mass is 32.2. The number of H-pyrrole nitrogens is 1. The normalized spacial score (nSPS) is 12.3. The molecule has 0 spiro atoms.